The Kier molecular flexibility index (Phi) is 7.11. The highest BCUT2D eigenvalue weighted by Crippen LogP contribution is 2.20. The molecule has 2 heterocycles. The molecule has 158 valence electrons. The molecule has 0 N–H and O–H groups in total. The van der Waals surface area contributed by atoms with E-state index in [1.807, 2.05) is 30.3 Å². The Morgan fingerprint density at radius 3 is 1.96 bits per heavy atom. The minimum atomic E-state index is -3.65. The maximum absolute atomic E-state index is 13.0. The van der Waals surface area contributed by atoms with Crippen LogP contribution in [0.3, 0.4) is 0 Å². The lowest BCUT2D eigenvalue weighted by Gasteiger charge is -2.31. The van der Waals surface area contributed by atoms with Gasteiger partial charge in [-0.15, -0.1) is 0 Å². The van der Waals surface area contributed by atoms with E-state index in [-0.39, 0.29) is 19.6 Å². The fraction of sp³-hybridized carbons (Fsp3) is 0.667. The molecule has 1 aromatic carbocycles. The van der Waals surface area contributed by atoms with E-state index >= 15 is 0 Å². The fourth-order valence-corrected chi connectivity index (χ4v) is 6.81. The van der Waals surface area contributed by atoms with Crippen molar-refractivity contribution in [2.45, 2.75) is 32.2 Å². The molecule has 2 aliphatic heterocycles. The Hall–Kier alpha value is -1.04. The van der Waals surface area contributed by atoms with Gasteiger partial charge in [0.05, 0.1) is 0 Å². The first-order chi connectivity index (χ1) is 13.3. The van der Waals surface area contributed by atoms with Crippen molar-refractivity contribution in [3.63, 3.8) is 0 Å². The van der Waals surface area contributed by atoms with Gasteiger partial charge in [-0.05, 0) is 24.8 Å². The molecule has 2 fully saturated rings. The normalized spacial score (nSPS) is 21.6. The lowest BCUT2D eigenvalue weighted by atomic mass is 10.2. The molecule has 28 heavy (non-hydrogen) atoms. The third-order valence-corrected chi connectivity index (χ3v) is 9.32. The number of nitrogens with zero attached hydrogens (tertiary/aromatic N) is 4. The molecule has 1 aromatic rings. The average molecular weight is 431 g/mol. The van der Waals surface area contributed by atoms with Gasteiger partial charge >= 0.3 is 0 Å². The van der Waals surface area contributed by atoms with Crippen molar-refractivity contribution < 1.29 is 16.8 Å². The zero-order valence-electron chi connectivity index (χ0n) is 16.4. The second-order valence-corrected chi connectivity index (χ2v) is 11.3. The van der Waals surface area contributed by atoms with Crippen LogP contribution in [0.5, 0.6) is 0 Å². The molecular weight excluding hydrogens is 400 g/mol. The molecule has 0 bridgehead atoms. The molecule has 0 amide bonds. The molecule has 2 saturated heterocycles. The van der Waals surface area contributed by atoms with Gasteiger partial charge in [0, 0.05) is 52.9 Å². The molecule has 0 radical (unpaired) electrons. The molecule has 3 rings (SSSR count). The standard InChI is InChI=1S/C18H30N4O4S2/c1-19(17-18-9-4-2-5-10-18)27(23,24)21-13-8-14-22(16-15-21)28(25,26)20-11-6-3-7-12-20/h2,4-5,9-10H,3,6-8,11-17H2,1H3. The number of hydrogen-bond donors (Lipinski definition) is 0. The number of piperidine rings is 1. The first-order valence-corrected chi connectivity index (χ1v) is 12.6. The highest BCUT2D eigenvalue weighted by atomic mass is 32.2. The van der Waals surface area contributed by atoms with Gasteiger partial charge in [-0.1, -0.05) is 36.8 Å². The molecule has 8 nitrogen and oxygen atoms in total. The molecule has 0 spiro atoms. The molecule has 0 aromatic heterocycles. The predicted octanol–water partition coefficient (Wildman–Crippen LogP) is 1.10. The van der Waals surface area contributed by atoms with Crippen LogP contribution < -0.4 is 0 Å². The van der Waals surface area contributed by atoms with Gasteiger partial charge in [-0.25, -0.2) is 0 Å². The summed E-state index contributed by atoms with van der Waals surface area (Å²) in [5.41, 5.74) is 0.915. The maximum Gasteiger partial charge on any atom is 0.282 e. The van der Waals surface area contributed by atoms with Gasteiger partial charge in [0.15, 0.2) is 0 Å². The highest BCUT2D eigenvalue weighted by molar-refractivity contribution is 7.87. The van der Waals surface area contributed by atoms with Crippen LogP contribution >= 0.6 is 0 Å². The smallest absolute Gasteiger partial charge is 0.195 e. The lowest BCUT2D eigenvalue weighted by molar-refractivity contribution is 0.304. The molecule has 0 aliphatic carbocycles. The van der Waals surface area contributed by atoms with Gasteiger partial charge in [0.25, 0.3) is 20.4 Å². The van der Waals surface area contributed by atoms with Crippen molar-refractivity contribution in [1.29, 1.82) is 0 Å². The van der Waals surface area contributed by atoms with E-state index in [4.69, 9.17) is 0 Å². The number of rotatable bonds is 6. The minimum Gasteiger partial charge on any atom is -0.195 e. The third kappa shape index (κ3) is 4.92. The van der Waals surface area contributed by atoms with Crippen LogP contribution in [0.25, 0.3) is 0 Å². The summed E-state index contributed by atoms with van der Waals surface area (Å²) in [6.45, 7) is 2.45. The fourth-order valence-electron chi connectivity index (χ4n) is 3.71. The summed E-state index contributed by atoms with van der Waals surface area (Å²) in [7, 11) is -5.60. The van der Waals surface area contributed by atoms with Crippen molar-refractivity contribution in [3.05, 3.63) is 35.9 Å². The predicted molar refractivity (Wildman–Crippen MR) is 109 cm³/mol. The van der Waals surface area contributed by atoms with Crippen molar-refractivity contribution >= 4 is 20.4 Å². The van der Waals surface area contributed by atoms with Crippen LogP contribution in [-0.2, 0) is 27.0 Å². The second kappa shape index (κ2) is 9.19. The lowest BCUT2D eigenvalue weighted by Crippen LogP contribution is -2.48. The molecule has 0 saturated carbocycles. The summed E-state index contributed by atoms with van der Waals surface area (Å²) in [5, 5.41) is 0. The summed E-state index contributed by atoms with van der Waals surface area (Å²) >= 11 is 0. The van der Waals surface area contributed by atoms with E-state index in [0.717, 1.165) is 24.8 Å². The van der Waals surface area contributed by atoms with Gasteiger partial charge in [0.2, 0.25) is 0 Å². The average Bonchev–Trinajstić information content (AvgIpc) is 2.97. The summed E-state index contributed by atoms with van der Waals surface area (Å²) in [4.78, 5) is 0. The maximum atomic E-state index is 13.0. The van der Waals surface area contributed by atoms with Crippen LogP contribution in [0.4, 0.5) is 0 Å². The Balaban J connectivity index is 1.65. The first kappa shape index (κ1) is 21.7. The van der Waals surface area contributed by atoms with Crippen LogP contribution in [0.1, 0.15) is 31.2 Å². The van der Waals surface area contributed by atoms with E-state index in [1.54, 1.807) is 11.4 Å². The largest absolute Gasteiger partial charge is 0.282 e. The third-order valence-electron chi connectivity index (χ3n) is 5.35. The van der Waals surface area contributed by atoms with E-state index in [9.17, 15) is 16.8 Å². The van der Waals surface area contributed by atoms with Crippen molar-refractivity contribution in [2.75, 3.05) is 46.3 Å². The minimum absolute atomic E-state index is 0.175. The van der Waals surface area contributed by atoms with Crippen LogP contribution in [0, 0.1) is 0 Å². The van der Waals surface area contributed by atoms with Crippen molar-refractivity contribution in [1.82, 2.24) is 17.2 Å². The SMILES string of the molecule is CN(Cc1ccccc1)S(=O)(=O)N1CCCN(S(=O)(=O)N2CCCCC2)CC1. The van der Waals surface area contributed by atoms with E-state index in [2.05, 4.69) is 0 Å². The zero-order valence-corrected chi connectivity index (χ0v) is 18.0. The summed E-state index contributed by atoms with van der Waals surface area (Å²) in [5.74, 6) is 0. The van der Waals surface area contributed by atoms with Crippen LogP contribution in [-0.4, -0.2) is 80.4 Å². The number of hydrogen-bond acceptors (Lipinski definition) is 4. The van der Waals surface area contributed by atoms with Crippen LogP contribution in [0.15, 0.2) is 30.3 Å². The Labute approximate surface area is 169 Å². The van der Waals surface area contributed by atoms with Crippen molar-refractivity contribution in [3.8, 4) is 0 Å². The summed E-state index contributed by atoms with van der Waals surface area (Å²) in [6.07, 6.45) is 3.33. The van der Waals surface area contributed by atoms with E-state index in [0.29, 0.717) is 32.6 Å². The second-order valence-electron chi connectivity index (χ2n) is 7.37. The van der Waals surface area contributed by atoms with Gasteiger partial charge in [-0.3, -0.25) is 0 Å². The van der Waals surface area contributed by atoms with E-state index < -0.39 is 20.4 Å². The number of benzene rings is 1. The molecule has 0 atom stereocenters. The molecule has 2 aliphatic rings. The van der Waals surface area contributed by atoms with Gasteiger partial charge < -0.3 is 0 Å². The highest BCUT2D eigenvalue weighted by Gasteiger charge is 2.35. The molecule has 10 heteroatoms. The monoisotopic (exact) mass is 430 g/mol. The van der Waals surface area contributed by atoms with Gasteiger partial charge in [-0.2, -0.15) is 34.1 Å². The quantitative estimate of drug-likeness (QED) is 0.677. The van der Waals surface area contributed by atoms with Gasteiger partial charge in [0.1, 0.15) is 0 Å². The van der Waals surface area contributed by atoms with E-state index in [1.165, 1.54) is 12.9 Å². The Morgan fingerprint density at radius 2 is 1.29 bits per heavy atom. The Bertz CT molecular complexity index is 840. The van der Waals surface area contributed by atoms with Crippen LogP contribution in [0.2, 0.25) is 0 Å². The zero-order chi connectivity index (χ0) is 20.2. The summed E-state index contributed by atoms with van der Waals surface area (Å²) in [6, 6.07) is 9.43. The first-order valence-electron chi connectivity index (χ1n) is 9.82. The molecule has 0 unspecified atom stereocenters. The summed E-state index contributed by atoms with van der Waals surface area (Å²) < 4.78 is 57.5. The van der Waals surface area contributed by atoms with Crippen molar-refractivity contribution in [2.24, 2.45) is 0 Å². The topological polar surface area (TPSA) is 81.2 Å². The molecular formula is C18H30N4O4S2. The Morgan fingerprint density at radius 1 is 0.750 bits per heavy atom.